The Morgan fingerprint density at radius 3 is 2.47 bits per heavy atom. The molecule has 1 fully saturated rings. The topological polar surface area (TPSA) is 41.1 Å². The number of benzene rings is 1. The van der Waals surface area contributed by atoms with Gasteiger partial charge in [-0.05, 0) is 30.5 Å². The van der Waals surface area contributed by atoms with Crippen LogP contribution in [0.4, 0.5) is 5.69 Å². The minimum Gasteiger partial charge on any atom is -0.326 e. The first-order valence-corrected chi connectivity index (χ1v) is 6.28. The van der Waals surface area contributed by atoms with Gasteiger partial charge in [0.1, 0.15) is 0 Å². The Kier molecular flexibility index (Phi) is 3.79. The highest BCUT2D eigenvalue weighted by molar-refractivity contribution is 5.91. The van der Waals surface area contributed by atoms with Crippen LogP contribution in [0.1, 0.15) is 32.3 Å². The molecule has 1 aromatic rings. The molecule has 92 valence electrons. The Bertz CT molecular complexity index is 380. The zero-order valence-corrected chi connectivity index (χ0v) is 10.5. The second-order valence-corrected chi connectivity index (χ2v) is 5.00. The van der Waals surface area contributed by atoms with E-state index < -0.39 is 0 Å². The van der Waals surface area contributed by atoms with Crippen molar-refractivity contribution in [1.29, 1.82) is 0 Å². The largest absolute Gasteiger partial charge is 0.326 e. The summed E-state index contributed by atoms with van der Waals surface area (Å²) in [7, 11) is 0. The molecule has 0 aliphatic heterocycles. The SMILES string of the molecule is CC(C)C(=O)Nc1ccc(CNC2CC2)cc1. The maximum absolute atomic E-state index is 11.5. The molecule has 0 saturated heterocycles. The molecule has 0 atom stereocenters. The first kappa shape index (κ1) is 12.1. The van der Waals surface area contributed by atoms with E-state index in [1.807, 2.05) is 26.0 Å². The number of anilines is 1. The monoisotopic (exact) mass is 232 g/mol. The van der Waals surface area contributed by atoms with Crippen molar-refractivity contribution in [2.75, 3.05) is 5.32 Å². The summed E-state index contributed by atoms with van der Waals surface area (Å²) in [6.07, 6.45) is 2.62. The van der Waals surface area contributed by atoms with Crippen LogP contribution >= 0.6 is 0 Å². The van der Waals surface area contributed by atoms with Crippen LogP contribution in [0.5, 0.6) is 0 Å². The zero-order valence-electron chi connectivity index (χ0n) is 10.5. The molecule has 1 aliphatic rings. The predicted molar refractivity (Wildman–Crippen MR) is 69.8 cm³/mol. The summed E-state index contributed by atoms with van der Waals surface area (Å²) < 4.78 is 0. The lowest BCUT2D eigenvalue weighted by Gasteiger charge is -2.08. The highest BCUT2D eigenvalue weighted by atomic mass is 16.1. The molecule has 3 nitrogen and oxygen atoms in total. The Hall–Kier alpha value is -1.35. The van der Waals surface area contributed by atoms with E-state index in [0.29, 0.717) is 0 Å². The fourth-order valence-corrected chi connectivity index (χ4v) is 1.54. The highest BCUT2D eigenvalue weighted by Crippen LogP contribution is 2.19. The fraction of sp³-hybridized carbons (Fsp3) is 0.500. The van der Waals surface area contributed by atoms with Gasteiger partial charge in [-0.15, -0.1) is 0 Å². The molecule has 0 aromatic heterocycles. The molecule has 3 heteroatoms. The molecule has 0 spiro atoms. The highest BCUT2D eigenvalue weighted by Gasteiger charge is 2.19. The van der Waals surface area contributed by atoms with Crippen LogP contribution in [-0.2, 0) is 11.3 Å². The standard InChI is InChI=1S/C14H20N2O/c1-10(2)14(17)16-13-5-3-11(4-6-13)9-15-12-7-8-12/h3-6,10,12,15H,7-9H2,1-2H3,(H,16,17). The van der Waals surface area contributed by atoms with Gasteiger partial charge in [0.25, 0.3) is 0 Å². The van der Waals surface area contributed by atoms with Crippen molar-refractivity contribution >= 4 is 11.6 Å². The van der Waals surface area contributed by atoms with Crippen molar-refractivity contribution < 1.29 is 4.79 Å². The quantitative estimate of drug-likeness (QED) is 0.819. The summed E-state index contributed by atoms with van der Waals surface area (Å²) in [4.78, 5) is 11.5. The molecular weight excluding hydrogens is 212 g/mol. The van der Waals surface area contributed by atoms with Gasteiger partial charge in [0.2, 0.25) is 5.91 Å². The molecule has 1 amide bonds. The molecule has 0 bridgehead atoms. The molecule has 1 aliphatic carbocycles. The minimum atomic E-state index is 0.0196. The third kappa shape index (κ3) is 3.86. The van der Waals surface area contributed by atoms with Crippen LogP contribution in [0.3, 0.4) is 0 Å². The second-order valence-electron chi connectivity index (χ2n) is 5.00. The van der Waals surface area contributed by atoms with Crippen LogP contribution in [0.2, 0.25) is 0 Å². The summed E-state index contributed by atoms with van der Waals surface area (Å²) in [5.74, 6) is 0.0834. The van der Waals surface area contributed by atoms with Gasteiger partial charge in [0.05, 0.1) is 0 Å². The van der Waals surface area contributed by atoms with Gasteiger partial charge >= 0.3 is 0 Å². The van der Waals surface area contributed by atoms with Crippen molar-refractivity contribution in [3.63, 3.8) is 0 Å². The first-order chi connectivity index (χ1) is 8.15. The van der Waals surface area contributed by atoms with Crippen LogP contribution < -0.4 is 10.6 Å². The maximum Gasteiger partial charge on any atom is 0.226 e. The average Bonchev–Trinajstić information content (AvgIpc) is 3.12. The molecule has 17 heavy (non-hydrogen) atoms. The maximum atomic E-state index is 11.5. The molecule has 0 heterocycles. The van der Waals surface area contributed by atoms with E-state index in [2.05, 4.69) is 22.8 Å². The summed E-state index contributed by atoms with van der Waals surface area (Å²) in [5, 5.41) is 6.35. The Morgan fingerprint density at radius 1 is 1.29 bits per heavy atom. The van der Waals surface area contributed by atoms with Crippen molar-refractivity contribution in [1.82, 2.24) is 5.32 Å². The molecule has 2 rings (SSSR count). The smallest absolute Gasteiger partial charge is 0.226 e. The molecule has 2 N–H and O–H groups in total. The number of carbonyl (C=O) groups excluding carboxylic acids is 1. The Morgan fingerprint density at radius 2 is 1.94 bits per heavy atom. The molecule has 0 unspecified atom stereocenters. The molecule has 0 radical (unpaired) electrons. The van der Waals surface area contributed by atoms with Crippen molar-refractivity contribution in [3.8, 4) is 0 Å². The van der Waals surface area contributed by atoms with Gasteiger partial charge < -0.3 is 10.6 Å². The van der Waals surface area contributed by atoms with Crippen LogP contribution in [0.15, 0.2) is 24.3 Å². The minimum absolute atomic E-state index is 0.0196. The predicted octanol–water partition coefficient (Wildman–Crippen LogP) is 2.53. The van der Waals surface area contributed by atoms with E-state index in [4.69, 9.17) is 0 Å². The summed E-state index contributed by atoms with van der Waals surface area (Å²) in [6, 6.07) is 8.78. The number of amides is 1. The molecule has 1 aromatic carbocycles. The van der Waals surface area contributed by atoms with E-state index in [0.717, 1.165) is 18.3 Å². The zero-order chi connectivity index (χ0) is 12.3. The van der Waals surface area contributed by atoms with Gasteiger partial charge in [-0.2, -0.15) is 0 Å². The lowest BCUT2D eigenvalue weighted by atomic mass is 10.1. The third-order valence-corrected chi connectivity index (χ3v) is 2.92. The van der Waals surface area contributed by atoms with E-state index >= 15 is 0 Å². The average molecular weight is 232 g/mol. The van der Waals surface area contributed by atoms with Crippen molar-refractivity contribution in [2.45, 2.75) is 39.3 Å². The Balaban J connectivity index is 1.85. The Labute approximate surface area is 103 Å². The van der Waals surface area contributed by atoms with E-state index in [1.165, 1.54) is 18.4 Å². The second kappa shape index (κ2) is 5.32. The first-order valence-electron chi connectivity index (χ1n) is 6.28. The van der Waals surface area contributed by atoms with E-state index in [9.17, 15) is 4.79 Å². The van der Waals surface area contributed by atoms with Gasteiger partial charge in [0, 0.05) is 24.2 Å². The number of hydrogen-bond donors (Lipinski definition) is 2. The number of nitrogens with one attached hydrogen (secondary N) is 2. The number of carbonyl (C=O) groups is 1. The molecular formula is C14H20N2O. The third-order valence-electron chi connectivity index (χ3n) is 2.92. The molecule has 1 saturated carbocycles. The van der Waals surface area contributed by atoms with Crippen molar-refractivity contribution in [2.24, 2.45) is 5.92 Å². The summed E-state index contributed by atoms with van der Waals surface area (Å²) >= 11 is 0. The van der Waals surface area contributed by atoms with Crippen LogP contribution in [0.25, 0.3) is 0 Å². The van der Waals surface area contributed by atoms with Gasteiger partial charge in [0.15, 0.2) is 0 Å². The number of rotatable bonds is 5. The fourth-order valence-electron chi connectivity index (χ4n) is 1.54. The lowest BCUT2D eigenvalue weighted by Crippen LogP contribution is -2.18. The summed E-state index contributed by atoms with van der Waals surface area (Å²) in [5.41, 5.74) is 2.14. The van der Waals surface area contributed by atoms with Gasteiger partial charge in [-0.25, -0.2) is 0 Å². The van der Waals surface area contributed by atoms with Crippen molar-refractivity contribution in [3.05, 3.63) is 29.8 Å². The van der Waals surface area contributed by atoms with E-state index in [1.54, 1.807) is 0 Å². The summed E-state index contributed by atoms with van der Waals surface area (Å²) in [6.45, 7) is 4.70. The van der Waals surface area contributed by atoms with E-state index in [-0.39, 0.29) is 11.8 Å². The van der Waals surface area contributed by atoms with Crippen LogP contribution in [-0.4, -0.2) is 11.9 Å². The van der Waals surface area contributed by atoms with Gasteiger partial charge in [-0.3, -0.25) is 4.79 Å². The number of hydrogen-bond acceptors (Lipinski definition) is 2. The van der Waals surface area contributed by atoms with Crippen LogP contribution in [0, 0.1) is 5.92 Å². The normalized spacial score (nSPS) is 15.0. The van der Waals surface area contributed by atoms with Gasteiger partial charge in [-0.1, -0.05) is 26.0 Å². The lowest BCUT2D eigenvalue weighted by molar-refractivity contribution is -0.118.